The molecule has 3 rings (SSSR count). The van der Waals surface area contributed by atoms with Gasteiger partial charge in [0.05, 0.1) is 17.1 Å². The van der Waals surface area contributed by atoms with Crippen molar-refractivity contribution in [2.75, 3.05) is 11.1 Å². The summed E-state index contributed by atoms with van der Waals surface area (Å²) in [6, 6.07) is 16.2. The van der Waals surface area contributed by atoms with E-state index in [1.807, 2.05) is 24.3 Å². The number of para-hydroxylation sites is 2. The minimum atomic E-state index is 0.114. The fourth-order valence-electron chi connectivity index (χ4n) is 2.26. The van der Waals surface area contributed by atoms with Crippen LogP contribution in [0.2, 0.25) is 0 Å². The molecule has 1 heterocycles. The minimum absolute atomic E-state index is 0.114. The molecule has 0 spiro atoms. The van der Waals surface area contributed by atoms with Crippen molar-refractivity contribution >= 4 is 22.7 Å². The average Bonchev–Trinajstić information content (AvgIpc) is 2.48. The fourth-order valence-corrected chi connectivity index (χ4v) is 2.26. The molecule has 0 saturated carbocycles. The van der Waals surface area contributed by atoms with Crippen molar-refractivity contribution < 1.29 is 0 Å². The Balaban J connectivity index is 1.90. The zero-order valence-corrected chi connectivity index (χ0v) is 12.2. The van der Waals surface area contributed by atoms with Crippen molar-refractivity contribution in [3.05, 3.63) is 59.7 Å². The van der Waals surface area contributed by atoms with Crippen LogP contribution in [0.25, 0.3) is 11.0 Å². The lowest BCUT2D eigenvalue weighted by Gasteiger charge is -2.16. The summed E-state index contributed by atoms with van der Waals surface area (Å²) in [5, 5.41) is 3.34. The normalized spacial score (nSPS) is 12.3. The molecule has 2 aromatic carbocycles. The molecule has 4 nitrogen and oxygen atoms in total. The number of hydrogen-bond donors (Lipinski definition) is 2. The molecule has 1 aromatic heterocycles. The highest BCUT2D eigenvalue weighted by molar-refractivity contribution is 5.79. The number of rotatable bonds is 3. The van der Waals surface area contributed by atoms with E-state index < -0.39 is 0 Å². The van der Waals surface area contributed by atoms with Gasteiger partial charge in [0.25, 0.3) is 0 Å². The van der Waals surface area contributed by atoms with Gasteiger partial charge in [-0.25, -0.2) is 9.97 Å². The van der Waals surface area contributed by atoms with Gasteiger partial charge in [0.15, 0.2) is 11.6 Å². The number of hydrogen-bond acceptors (Lipinski definition) is 4. The SMILES string of the molecule is Cc1ccc(C(C)Nc2nc3ccccc3nc2N)cc1. The zero-order chi connectivity index (χ0) is 14.8. The number of anilines is 2. The average molecular weight is 278 g/mol. The molecule has 0 aliphatic carbocycles. The van der Waals surface area contributed by atoms with E-state index in [2.05, 4.69) is 53.4 Å². The number of aryl methyl sites for hydroxylation is 1. The highest BCUT2D eigenvalue weighted by Crippen LogP contribution is 2.23. The van der Waals surface area contributed by atoms with Crippen LogP contribution in [0.5, 0.6) is 0 Å². The Labute approximate surface area is 124 Å². The lowest BCUT2D eigenvalue weighted by Crippen LogP contribution is -2.11. The molecular weight excluding hydrogens is 260 g/mol. The molecule has 0 amide bonds. The zero-order valence-electron chi connectivity index (χ0n) is 12.2. The minimum Gasteiger partial charge on any atom is -0.381 e. The number of nitrogens with zero attached hydrogens (tertiary/aromatic N) is 2. The van der Waals surface area contributed by atoms with E-state index in [0.29, 0.717) is 11.6 Å². The molecule has 0 bridgehead atoms. The van der Waals surface area contributed by atoms with Gasteiger partial charge in [-0.1, -0.05) is 42.0 Å². The number of fused-ring (bicyclic) bond motifs is 1. The summed E-state index contributed by atoms with van der Waals surface area (Å²) in [6.45, 7) is 4.16. The van der Waals surface area contributed by atoms with E-state index in [9.17, 15) is 0 Å². The standard InChI is InChI=1S/C17H18N4/c1-11-7-9-13(10-8-11)12(2)19-17-16(18)20-14-5-3-4-6-15(14)21-17/h3-10,12H,1-2H3,(H2,18,20)(H,19,21). The van der Waals surface area contributed by atoms with Gasteiger partial charge < -0.3 is 11.1 Å². The van der Waals surface area contributed by atoms with Crippen molar-refractivity contribution in [2.24, 2.45) is 0 Å². The van der Waals surface area contributed by atoms with E-state index in [4.69, 9.17) is 5.73 Å². The second-order valence-corrected chi connectivity index (χ2v) is 5.22. The highest BCUT2D eigenvalue weighted by Gasteiger charge is 2.10. The second-order valence-electron chi connectivity index (χ2n) is 5.22. The summed E-state index contributed by atoms with van der Waals surface area (Å²) in [7, 11) is 0. The molecule has 0 saturated heterocycles. The Hall–Kier alpha value is -2.62. The molecule has 1 unspecified atom stereocenters. The fraction of sp³-hybridized carbons (Fsp3) is 0.176. The molecule has 21 heavy (non-hydrogen) atoms. The summed E-state index contributed by atoms with van der Waals surface area (Å²) in [6.07, 6.45) is 0. The van der Waals surface area contributed by atoms with Crippen LogP contribution in [0.4, 0.5) is 11.6 Å². The third-order valence-electron chi connectivity index (χ3n) is 3.53. The monoisotopic (exact) mass is 278 g/mol. The largest absolute Gasteiger partial charge is 0.381 e. The van der Waals surface area contributed by atoms with E-state index in [1.54, 1.807) is 0 Å². The molecule has 0 radical (unpaired) electrons. The highest BCUT2D eigenvalue weighted by atomic mass is 15.1. The number of nitrogens with two attached hydrogens (primary N) is 1. The smallest absolute Gasteiger partial charge is 0.170 e. The lowest BCUT2D eigenvalue weighted by molar-refractivity contribution is 0.875. The summed E-state index contributed by atoms with van der Waals surface area (Å²) in [4.78, 5) is 8.95. The summed E-state index contributed by atoms with van der Waals surface area (Å²) >= 11 is 0. The predicted molar refractivity (Wildman–Crippen MR) is 87.2 cm³/mol. The second kappa shape index (κ2) is 5.40. The van der Waals surface area contributed by atoms with Crippen molar-refractivity contribution in [1.29, 1.82) is 0 Å². The van der Waals surface area contributed by atoms with Gasteiger partial charge in [-0.3, -0.25) is 0 Å². The van der Waals surface area contributed by atoms with Crippen LogP contribution in [-0.2, 0) is 0 Å². The topological polar surface area (TPSA) is 63.8 Å². The van der Waals surface area contributed by atoms with Crippen molar-refractivity contribution in [1.82, 2.24) is 9.97 Å². The number of nitrogen functional groups attached to an aromatic ring is 1. The van der Waals surface area contributed by atoms with Crippen molar-refractivity contribution in [3.63, 3.8) is 0 Å². The van der Waals surface area contributed by atoms with E-state index in [0.717, 1.165) is 11.0 Å². The maximum absolute atomic E-state index is 6.00. The Kier molecular flexibility index (Phi) is 3.44. The van der Waals surface area contributed by atoms with E-state index in [-0.39, 0.29) is 6.04 Å². The van der Waals surface area contributed by atoms with Gasteiger partial charge in [-0.2, -0.15) is 0 Å². The van der Waals surface area contributed by atoms with Crippen LogP contribution >= 0.6 is 0 Å². The molecule has 106 valence electrons. The molecule has 1 atom stereocenters. The van der Waals surface area contributed by atoms with Crippen LogP contribution in [0.15, 0.2) is 48.5 Å². The molecule has 4 heteroatoms. The van der Waals surface area contributed by atoms with Crippen LogP contribution in [0.1, 0.15) is 24.1 Å². The predicted octanol–water partition coefficient (Wildman–Crippen LogP) is 3.69. The first-order chi connectivity index (χ1) is 10.1. The molecule has 0 aliphatic rings. The van der Waals surface area contributed by atoms with Gasteiger partial charge in [0.1, 0.15) is 0 Å². The van der Waals surface area contributed by atoms with Crippen LogP contribution in [0, 0.1) is 6.92 Å². The summed E-state index contributed by atoms with van der Waals surface area (Å²) in [5.74, 6) is 1.05. The Morgan fingerprint density at radius 1 is 0.952 bits per heavy atom. The summed E-state index contributed by atoms with van der Waals surface area (Å²) in [5.41, 5.74) is 10.1. The third-order valence-corrected chi connectivity index (χ3v) is 3.53. The molecule has 3 N–H and O–H groups in total. The maximum atomic E-state index is 6.00. The molecule has 0 fully saturated rings. The van der Waals surface area contributed by atoms with Gasteiger partial charge in [-0.05, 0) is 31.5 Å². The number of nitrogens with one attached hydrogen (secondary N) is 1. The Bertz CT molecular complexity index is 765. The van der Waals surface area contributed by atoms with Crippen molar-refractivity contribution in [2.45, 2.75) is 19.9 Å². The number of benzene rings is 2. The van der Waals surface area contributed by atoms with Crippen LogP contribution in [0.3, 0.4) is 0 Å². The lowest BCUT2D eigenvalue weighted by atomic mass is 10.1. The molecule has 0 aliphatic heterocycles. The third kappa shape index (κ3) is 2.79. The van der Waals surface area contributed by atoms with Crippen molar-refractivity contribution in [3.8, 4) is 0 Å². The Morgan fingerprint density at radius 3 is 2.24 bits per heavy atom. The van der Waals surface area contributed by atoms with E-state index >= 15 is 0 Å². The number of aromatic nitrogens is 2. The van der Waals surface area contributed by atoms with Crippen LogP contribution < -0.4 is 11.1 Å². The maximum Gasteiger partial charge on any atom is 0.170 e. The first-order valence-corrected chi connectivity index (χ1v) is 6.99. The van der Waals surface area contributed by atoms with Gasteiger partial charge >= 0.3 is 0 Å². The molecular formula is C17H18N4. The van der Waals surface area contributed by atoms with Gasteiger partial charge in [0, 0.05) is 0 Å². The van der Waals surface area contributed by atoms with Gasteiger partial charge in [0.2, 0.25) is 0 Å². The summed E-state index contributed by atoms with van der Waals surface area (Å²) < 4.78 is 0. The molecule has 3 aromatic rings. The first kappa shape index (κ1) is 13.4. The van der Waals surface area contributed by atoms with Crippen LogP contribution in [-0.4, -0.2) is 9.97 Å². The quantitative estimate of drug-likeness (QED) is 0.767. The first-order valence-electron chi connectivity index (χ1n) is 6.99. The Morgan fingerprint density at radius 2 is 1.57 bits per heavy atom. The van der Waals surface area contributed by atoms with Gasteiger partial charge in [-0.15, -0.1) is 0 Å². The van der Waals surface area contributed by atoms with E-state index in [1.165, 1.54) is 11.1 Å².